The van der Waals surface area contributed by atoms with Gasteiger partial charge in [-0.2, -0.15) is 0 Å². The summed E-state index contributed by atoms with van der Waals surface area (Å²) in [6, 6.07) is 8.82. The Labute approximate surface area is 136 Å². The van der Waals surface area contributed by atoms with Crippen molar-refractivity contribution in [1.29, 1.82) is 0 Å². The van der Waals surface area contributed by atoms with E-state index in [-0.39, 0.29) is 19.0 Å². The first kappa shape index (κ1) is 17.2. The molecule has 1 amide bonds. The number of benzene rings is 1. The molecular formula is C18H23NO4. The number of allylic oxidation sites excluding steroid dienone is 1. The molecule has 0 aromatic heterocycles. The number of hydrogen-bond donors (Lipinski definition) is 0. The highest BCUT2D eigenvalue weighted by Gasteiger charge is 2.47. The summed E-state index contributed by atoms with van der Waals surface area (Å²) >= 11 is 0. The summed E-state index contributed by atoms with van der Waals surface area (Å²) in [5.74, 6) is -0.0351. The van der Waals surface area contributed by atoms with Gasteiger partial charge in [-0.3, -0.25) is 9.69 Å². The Morgan fingerprint density at radius 2 is 2.09 bits per heavy atom. The highest BCUT2D eigenvalue weighted by molar-refractivity contribution is 5.88. The molecule has 0 aliphatic carbocycles. The van der Waals surface area contributed by atoms with E-state index in [2.05, 4.69) is 6.58 Å². The number of Topliss-reactive ketones (excluding diaryl/α,β-unsaturated/α-hetero) is 1. The Balaban J connectivity index is 2.04. The van der Waals surface area contributed by atoms with E-state index in [4.69, 9.17) is 9.47 Å². The molecule has 0 N–H and O–H groups in total. The molecule has 23 heavy (non-hydrogen) atoms. The number of carbonyl (C=O) groups excluding carboxylic acids is 2. The van der Waals surface area contributed by atoms with Gasteiger partial charge in [-0.05, 0) is 25.8 Å². The third kappa shape index (κ3) is 4.20. The quantitative estimate of drug-likeness (QED) is 0.755. The van der Waals surface area contributed by atoms with Gasteiger partial charge in [0.15, 0.2) is 5.78 Å². The van der Waals surface area contributed by atoms with Crippen LogP contribution < -0.4 is 0 Å². The van der Waals surface area contributed by atoms with Gasteiger partial charge in [0.25, 0.3) is 0 Å². The van der Waals surface area contributed by atoms with Crippen LogP contribution in [0.1, 0.15) is 32.3 Å². The summed E-state index contributed by atoms with van der Waals surface area (Å²) in [4.78, 5) is 26.2. The second-order valence-electron chi connectivity index (χ2n) is 5.98. The van der Waals surface area contributed by atoms with Crippen LogP contribution in [0.5, 0.6) is 0 Å². The van der Waals surface area contributed by atoms with Gasteiger partial charge in [0.2, 0.25) is 0 Å². The average Bonchev–Trinajstić information content (AvgIpc) is 2.86. The Bertz CT molecular complexity index is 568. The van der Waals surface area contributed by atoms with Crippen molar-refractivity contribution in [2.24, 2.45) is 0 Å². The van der Waals surface area contributed by atoms with Gasteiger partial charge in [0.05, 0.1) is 6.61 Å². The molecule has 1 aromatic rings. The van der Waals surface area contributed by atoms with Crippen molar-refractivity contribution in [3.63, 3.8) is 0 Å². The summed E-state index contributed by atoms with van der Waals surface area (Å²) in [6.07, 6.45) is 2.09. The lowest BCUT2D eigenvalue weighted by atomic mass is 10.1. The maximum Gasteiger partial charge on any atom is 0.413 e. The Morgan fingerprint density at radius 3 is 2.74 bits per heavy atom. The molecule has 1 aliphatic heterocycles. The largest absolute Gasteiger partial charge is 0.444 e. The summed E-state index contributed by atoms with van der Waals surface area (Å²) < 4.78 is 11.0. The molecule has 1 heterocycles. The van der Waals surface area contributed by atoms with Crippen LogP contribution >= 0.6 is 0 Å². The first-order valence-corrected chi connectivity index (χ1v) is 7.73. The van der Waals surface area contributed by atoms with E-state index in [0.29, 0.717) is 12.8 Å². The third-order valence-corrected chi connectivity index (χ3v) is 3.85. The normalized spacial score (nSPS) is 19.4. The van der Waals surface area contributed by atoms with Crippen LogP contribution in [0, 0.1) is 0 Å². The zero-order valence-corrected chi connectivity index (χ0v) is 13.7. The molecule has 1 fully saturated rings. The molecule has 1 aromatic carbocycles. The maximum absolute atomic E-state index is 12.5. The van der Waals surface area contributed by atoms with Crippen molar-refractivity contribution < 1.29 is 19.1 Å². The number of ketones is 1. The molecule has 0 radical (unpaired) electrons. The fourth-order valence-electron chi connectivity index (χ4n) is 2.59. The molecule has 5 nitrogen and oxygen atoms in total. The molecule has 0 unspecified atom stereocenters. The minimum absolute atomic E-state index is 0.0351. The minimum Gasteiger partial charge on any atom is -0.444 e. The second-order valence-corrected chi connectivity index (χ2v) is 5.98. The number of rotatable bonds is 6. The van der Waals surface area contributed by atoms with E-state index in [1.165, 1.54) is 4.90 Å². The summed E-state index contributed by atoms with van der Waals surface area (Å²) in [5, 5.41) is 0. The van der Waals surface area contributed by atoms with Crippen molar-refractivity contribution in [2.75, 3.05) is 6.61 Å². The molecule has 124 valence electrons. The zero-order valence-electron chi connectivity index (χ0n) is 13.7. The summed E-state index contributed by atoms with van der Waals surface area (Å²) in [7, 11) is 0. The number of amides is 1. The van der Waals surface area contributed by atoms with Crippen LogP contribution in [0.2, 0.25) is 0 Å². The maximum atomic E-state index is 12.5. The predicted octanol–water partition coefficient (Wildman–Crippen LogP) is 3.30. The fraction of sp³-hybridized carbons (Fsp3) is 0.444. The SMILES string of the molecule is C=CCCC(=O)[C@H]1COC(C)(C)N1C(=O)OCc1ccccc1. The molecule has 0 spiro atoms. The van der Waals surface area contributed by atoms with Gasteiger partial charge in [0, 0.05) is 6.42 Å². The lowest BCUT2D eigenvalue weighted by molar-refractivity contribution is -0.123. The van der Waals surface area contributed by atoms with E-state index in [1.54, 1.807) is 19.9 Å². The van der Waals surface area contributed by atoms with Gasteiger partial charge in [-0.15, -0.1) is 6.58 Å². The molecule has 1 saturated heterocycles. The predicted molar refractivity (Wildman–Crippen MR) is 86.7 cm³/mol. The topological polar surface area (TPSA) is 55.8 Å². The van der Waals surface area contributed by atoms with Gasteiger partial charge in [-0.25, -0.2) is 4.79 Å². The lowest BCUT2D eigenvalue weighted by Gasteiger charge is -2.32. The van der Waals surface area contributed by atoms with Crippen LogP contribution in [-0.2, 0) is 20.9 Å². The monoisotopic (exact) mass is 317 g/mol. The Morgan fingerprint density at radius 1 is 1.39 bits per heavy atom. The first-order valence-electron chi connectivity index (χ1n) is 7.73. The molecule has 0 saturated carbocycles. The van der Waals surface area contributed by atoms with Gasteiger partial charge in [-0.1, -0.05) is 36.4 Å². The highest BCUT2D eigenvalue weighted by atomic mass is 16.6. The average molecular weight is 317 g/mol. The molecule has 2 rings (SSSR count). The van der Waals surface area contributed by atoms with E-state index < -0.39 is 17.9 Å². The van der Waals surface area contributed by atoms with Gasteiger partial charge >= 0.3 is 6.09 Å². The second kappa shape index (κ2) is 7.42. The Hall–Kier alpha value is -2.14. The van der Waals surface area contributed by atoms with E-state index >= 15 is 0 Å². The molecule has 0 bridgehead atoms. The molecule has 5 heteroatoms. The van der Waals surface area contributed by atoms with Crippen LogP contribution in [0.15, 0.2) is 43.0 Å². The van der Waals surface area contributed by atoms with Crippen molar-refractivity contribution >= 4 is 11.9 Å². The first-order chi connectivity index (χ1) is 11.0. The van der Waals surface area contributed by atoms with Gasteiger partial charge in [0.1, 0.15) is 18.4 Å². The fourth-order valence-corrected chi connectivity index (χ4v) is 2.59. The van der Waals surface area contributed by atoms with Crippen molar-refractivity contribution in [1.82, 2.24) is 4.90 Å². The smallest absolute Gasteiger partial charge is 0.413 e. The minimum atomic E-state index is -0.859. The van der Waals surface area contributed by atoms with E-state index in [1.807, 2.05) is 30.3 Å². The lowest BCUT2D eigenvalue weighted by Crippen LogP contribution is -2.50. The number of ether oxygens (including phenoxy) is 2. The van der Waals surface area contributed by atoms with Crippen LogP contribution in [0.4, 0.5) is 4.79 Å². The zero-order chi connectivity index (χ0) is 16.9. The molecule has 1 atom stereocenters. The Kier molecular flexibility index (Phi) is 5.55. The van der Waals surface area contributed by atoms with E-state index in [0.717, 1.165) is 5.56 Å². The summed E-state index contributed by atoms with van der Waals surface area (Å²) in [5.41, 5.74) is 0.0377. The number of hydrogen-bond acceptors (Lipinski definition) is 4. The third-order valence-electron chi connectivity index (χ3n) is 3.85. The summed E-state index contributed by atoms with van der Waals surface area (Å²) in [6.45, 7) is 7.50. The van der Waals surface area contributed by atoms with Gasteiger partial charge < -0.3 is 9.47 Å². The molecule has 1 aliphatic rings. The van der Waals surface area contributed by atoms with Crippen LogP contribution in [-0.4, -0.2) is 35.2 Å². The standard InChI is InChI=1S/C18H23NO4/c1-4-5-11-16(20)15-13-23-18(2,3)19(15)17(21)22-12-14-9-7-6-8-10-14/h4,6-10,15H,1,5,11-13H2,2-3H3/t15-/m1/s1. The van der Waals surface area contributed by atoms with Crippen molar-refractivity contribution in [3.05, 3.63) is 48.6 Å². The highest BCUT2D eigenvalue weighted by Crippen LogP contribution is 2.29. The number of nitrogens with zero attached hydrogens (tertiary/aromatic N) is 1. The van der Waals surface area contributed by atoms with E-state index in [9.17, 15) is 9.59 Å². The van der Waals surface area contributed by atoms with Crippen LogP contribution in [0.3, 0.4) is 0 Å². The van der Waals surface area contributed by atoms with Crippen LogP contribution in [0.25, 0.3) is 0 Å². The van der Waals surface area contributed by atoms with Crippen molar-refractivity contribution in [3.8, 4) is 0 Å². The number of carbonyl (C=O) groups is 2. The van der Waals surface area contributed by atoms with Crippen molar-refractivity contribution in [2.45, 2.75) is 45.1 Å². The molecular weight excluding hydrogens is 294 g/mol.